The highest BCUT2D eigenvalue weighted by Gasteiger charge is 2.12. The van der Waals surface area contributed by atoms with Crippen LogP contribution in [0.2, 0.25) is 0 Å². The van der Waals surface area contributed by atoms with Gasteiger partial charge in [0.15, 0.2) is 0 Å². The molecule has 33 heavy (non-hydrogen) atoms. The van der Waals surface area contributed by atoms with Crippen LogP contribution >= 0.6 is 11.8 Å². The van der Waals surface area contributed by atoms with Gasteiger partial charge in [-0.15, -0.1) is 11.8 Å². The summed E-state index contributed by atoms with van der Waals surface area (Å²) in [6.45, 7) is 5.25. The number of nitrogens with zero attached hydrogens (tertiary/aromatic N) is 2. The molecule has 1 amide bonds. The largest absolute Gasteiger partial charge is 0.394 e. The molecule has 2 rings (SSSR count). The molecule has 2 N–H and O–H groups in total. The third kappa shape index (κ3) is 8.30. The number of amides is 1. The number of thioether (sulfide) groups is 1. The van der Waals surface area contributed by atoms with Crippen molar-refractivity contribution in [1.82, 2.24) is 10.2 Å². The molecular formula is C27H37N3O2S. The van der Waals surface area contributed by atoms with Gasteiger partial charge in [-0.1, -0.05) is 48.6 Å². The average molecular weight is 468 g/mol. The monoisotopic (exact) mass is 467 g/mol. The summed E-state index contributed by atoms with van der Waals surface area (Å²) in [5.74, 6) is 0.360. The van der Waals surface area contributed by atoms with Crippen molar-refractivity contribution in [3.05, 3.63) is 72.0 Å². The lowest BCUT2D eigenvalue weighted by Crippen LogP contribution is -2.32. The van der Waals surface area contributed by atoms with Crippen molar-refractivity contribution in [3.63, 3.8) is 0 Å². The van der Waals surface area contributed by atoms with Crippen LogP contribution in [0.3, 0.4) is 0 Å². The van der Waals surface area contributed by atoms with Crippen LogP contribution < -0.4 is 10.2 Å². The van der Waals surface area contributed by atoms with Crippen LogP contribution in [0.5, 0.6) is 0 Å². The summed E-state index contributed by atoms with van der Waals surface area (Å²) in [6, 6.07) is 12.8. The van der Waals surface area contributed by atoms with Crippen molar-refractivity contribution in [2.24, 2.45) is 0 Å². The summed E-state index contributed by atoms with van der Waals surface area (Å²) in [5.41, 5.74) is 2.98. The Kier molecular flexibility index (Phi) is 11.1. The van der Waals surface area contributed by atoms with E-state index in [1.165, 1.54) is 33.8 Å². The highest BCUT2D eigenvalue weighted by molar-refractivity contribution is 8.00. The van der Waals surface area contributed by atoms with Gasteiger partial charge < -0.3 is 20.2 Å². The van der Waals surface area contributed by atoms with Gasteiger partial charge in [-0.2, -0.15) is 0 Å². The van der Waals surface area contributed by atoms with E-state index in [1.807, 2.05) is 33.3 Å². The molecule has 1 unspecified atom stereocenters. The minimum Gasteiger partial charge on any atom is -0.394 e. The molecule has 0 heterocycles. The first kappa shape index (κ1) is 26.6. The van der Waals surface area contributed by atoms with E-state index < -0.39 is 5.44 Å². The molecule has 0 radical (unpaired) electrons. The molecule has 178 valence electrons. The van der Waals surface area contributed by atoms with Gasteiger partial charge in [-0.3, -0.25) is 4.79 Å². The number of carbonyl (C=O) groups is 1. The smallest absolute Gasteiger partial charge is 0.232 e. The number of nitrogens with one attached hydrogen (secondary N) is 1. The van der Waals surface area contributed by atoms with Crippen molar-refractivity contribution in [3.8, 4) is 0 Å². The molecule has 2 aromatic carbocycles. The van der Waals surface area contributed by atoms with Crippen molar-refractivity contribution in [2.45, 2.75) is 25.7 Å². The fourth-order valence-corrected chi connectivity index (χ4v) is 4.09. The SMILES string of the molecule is C/C=C(\C=C/NC)/C=C/c1ccc(N(C)CCCN(C)C(=O)CSC(C)O)c2ccccc12. The van der Waals surface area contributed by atoms with E-state index in [0.717, 1.165) is 18.5 Å². The molecule has 0 aromatic heterocycles. The Balaban J connectivity index is 2.10. The number of rotatable bonds is 12. The highest BCUT2D eigenvalue weighted by Crippen LogP contribution is 2.30. The van der Waals surface area contributed by atoms with Gasteiger partial charge in [0.1, 0.15) is 0 Å². The third-order valence-corrected chi connectivity index (χ3v) is 6.33. The van der Waals surface area contributed by atoms with E-state index in [1.54, 1.807) is 11.8 Å². The molecule has 0 fully saturated rings. The van der Waals surface area contributed by atoms with Crippen LogP contribution in [0.25, 0.3) is 16.8 Å². The number of allylic oxidation sites excluding steroid dienone is 4. The van der Waals surface area contributed by atoms with Gasteiger partial charge in [0.2, 0.25) is 5.91 Å². The summed E-state index contributed by atoms with van der Waals surface area (Å²) in [6.07, 6.45) is 11.2. The zero-order valence-electron chi connectivity index (χ0n) is 20.4. The lowest BCUT2D eigenvalue weighted by molar-refractivity contribution is -0.127. The van der Waals surface area contributed by atoms with Crippen LogP contribution in [0, 0.1) is 0 Å². The Morgan fingerprint density at radius 2 is 1.85 bits per heavy atom. The Labute approximate surface area is 202 Å². The maximum atomic E-state index is 12.2. The predicted molar refractivity (Wildman–Crippen MR) is 145 cm³/mol. The van der Waals surface area contributed by atoms with Gasteiger partial charge in [0.05, 0.1) is 11.2 Å². The average Bonchev–Trinajstić information content (AvgIpc) is 2.82. The zero-order chi connectivity index (χ0) is 24.2. The molecule has 0 saturated heterocycles. The number of anilines is 1. The van der Waals surface area contributed by atoms with E-state index >= 15 is 0 Å². The van der Waals surface area contributed by atoms with E-state index in [4.69, 9.17) is 0 Å². The maximum Gasteiger partial charge on any atom is 0.232 e. The lowest BCUT2D eigenvalue weighted by atomic mass is 10.0. The Bertz CT molecular complexity index is 998. The summed E-state index contributed by atoms with van der Waals surface area (Å²) >= 11 is 1.26. The van der Waals surface area contributed by atoms with Crippen molar-refractivity contribution >= 4 is 40.2 Å². The van der Waals surface area contributed by atoms with Crippen LogP contribution in [0.4, 0.5) is 5.69 Å². The van der Waals surface area contributed by atoms with Gasteiger partial charge in [0, 0.05) is 45.3 Å². The Hall–Kier alpha value is -2.70. The van der Waals surface area contributed by atoms with E-state index in [2.05, 4.69) is 71.9 Å². The summed E-state index contributed by atoms with van der Waals surface area (Å²) < 4.78 is 0. The first-order valence-electron chi connectivity index (χ1n) is 11.3. The molecule has 0 bridgehead atoms. The quantitative estimate of drug-likeness (QED) is 0.344. The second kappa shape index (κ2) is 13.8. The van der Waals surface area contributed by atoms with Crippen LogP contribution in [-0.4, -0.2) is 61.3 Å². The fourth-order valence-electron chi connectivity index (χ4n) is 3.49. The second-order valence-electron chi connectivity index (χ2n) is 7.96. The van der Waals surface area contributed by atoms with E-state index in [9.17, 15) is 9.90 Å². The van der Waals surface area contributed by atoms with Gasteiger partial charge >= 0.3 is 0 Å². The number of benzene rings is 2. The normalized spacial score (nSPS) is 13.1. The molecule has 1 atom stereocenters. The fraction of sp³-hybridized carbons (Fsp3) is 0.370. The lowest BCUT2D eigenvalue weighted by Gasteiger charge is -2.24. The summed E-state index contributed by atoms with van der Waals surface area (Å²) in [7, 11) is 5.82. The maximum absolute atomic E-state index is 12.2. The Morgan fingerprint density at radius 1 is 1.12 bits per heavy atom. The minimum absolute atomic E-state index is 0.0511. The zero-order valence-corrected chi connectivity index (χ0v) is 21.2. The van der Waals surface area contributed by atoms with Gasteiger partial charge in [-0.05, 0) is 55.1 Å². The second-order valence-corrected chi connectivity index (χ2v) is 9.27. The predicted octanol–water partition coefficient (Wildman–Crippen LogP) is 4.89. The van der Waals surface area contributed by atoms with Crippen LogP contribution in [0.15, 0.2) is 66.4 Å². The molecule has 6 heteroatoms. The number of carbonyl (C=O) groups excluding carboxylic acids is 1. The molecule has 5 nitrogen and oxygen atoms in total. The molecule has 0 saturated carbocycles. The molecule has 0 aliphatic carbocycles. The molecule has 2 aromatic rings. The third-order valence-electron chi connectivity index (χ3n) is 5.44. The van der Waals surface area contributed by atoms with Crippen LogP contribution in [0.1, 0.15) is 25.8 Å². The first-order valence-corrected chi connectivity index (χ1v) is 12.4. The summed E-state index contributed by atoms with van der Waals surface area (Å²) in [4.78, 5) is 16.2. The number of hydrogen-bond acceptors (Lipinski definition) is 5. The topological polar surface area (TPSA) is 55.8 Å². The van der Waals surface area contributed by atoms with Gasteiger partial charge in [-0.25, -0.2) is 0 Å². The number of hydrogen-bond donors (Lipinski definition) is 2. The van der Waals surface area contributed by atoms with E-state index in [0.29, 0.717) is 12.3 Å². The number of aliphatic hydroxyl groups is 1. The Morgan fingerprint density at radius 3 is 2.52 bits per heavy atom. The van der Waals surface area contributed by atoms with Gasteiger partial charge in [0.25, 0.3) is 0 Å². The number of aliphatic hydroxyl groups excluding tert-OH is 1. The van der Waals surface area contributed by atoms with E-state index in [-0.39, 0.29) is 5.91 Å². The minimum atomic E-state index is -0.519. The molecule has 0 aliphatic heterocycles. The number of fused-ring (bicyclic) bond motifs is 1. The highest BCUT2D eigenvalue weighted by atomic mass is 32.2. The standard InChI is InChI=1S/C27H37N3O2S/c1-6-22(16-17-28-3)12-13-23-14-15-26(25-11-8-7-10-24(23)25)29(4)18-9-19-30(5)27(32)20-33-21(2)31/h6-8,10-17,21,28,31H,9,18-20H2,1-5H3/b13-12+,17-16-,22-6-. The van der Waals surface area contributed by atoms with Crippen molar-refractivity contribution < 1.29 is 9.90 Å². The summed E-state index contributed by atoms with van der Waals surface area (Å²) in [5, 5.41) is 14.8. The van der Waals surface area contributed by atoms with Crippen molar-refractivity contribution in [1.29, 1.82) is 0 Å². The van der Waals surface area contributed by atoms with Crippen LogP contribution in [-0.2, 0) is 4.79 Å². The van der Waals surface area contributed by atoms with Crippen molar-refractivity contribution in [2.75, 3.05) is 44.9 Å². The molecular weight excluding hydrogens is 430 g/mol. The molecule has 0 aliphatic rings. The first-order chi connectivity index (χ1) is 15.9. The molecule has 0 spiro atoms.